The van der Waals surface area contributed by atoms with E-state index in [0.717, 1.165) is 18.1 Å². The first-order valence-electron chi connectivity index (χ1n) is 11.9. The van der Waals surface area contributed by atoms with Crippen molar-refractivity contribution in [2.45, 2.75) is 45.2 Å². The number of hydrogen-bond acceptors (Lipinski definition) is 9. The molecule has 1 saturated carbocycles. The molecule has 2 fully saturated rings. The number of benzene rings is 1. The third-order valence-electron chi connectivity index (χ3n) is 5.95. The maximum Gasteiger partial charge on any atom is 0.186 e. The van der Waals surface area contributed by atoms with Crippen LogP contribution in [0.1, 0.15) is 31.7 Å². The molecule has 3 unspecified atom stereocenters. The van der Waals surface area contributed by atoms with Crippen LogP contribution in [0.5, 0.6) is 0 Å². The monoisotopic (exact) mass is 510 g/mol. The van der Waals surface area contributed by atoms with Gasteiger partial charge in [-0.1, -0.05) is 12.1 Å². The highest BCUT2D eigenvalue weighted by molar-refractivity contribution is 7.27. The van der Waals surface area contributed by atoms with Crippen LogP contribution in [0.15, 0.2) is 41.9 Å². The van der Waals surface area contributed by atoms with Crippen molar-refractivity contribution in [3.63, 3.8) is 0 Å². The first-order valence-corrected chi connectivity index (χ1v) is 12.5. The second-order valence-corrected chi connectivity index (χ2v) is 9.43. The van der Waals surface area contributed by atoms with Crippen LogP contribution >= 0.6 is 9.24 Å². The van der Waals surface area contributed by atoms with E-state index in [1.807, 2.05) is 11.9 Å². The summed E-state index contributed by atoms with van der Waals surface area (Å²) in [6, 6.07) is 4.80. The number of aliphatic hydroxyl groups excluding tert-OH is 3. The molecule has 1 aromatic rings. The number of nitrogens with one attached hydrogen (secondary N) is 1. The Morgan fingerprint density at radius 3 is 2.83 bits per heavy atom. The minimum atomic E-state index is -1.22. The first kappa shape index (κ1) is 27.7. The number of halogens is 1. The minimum Gasteiger partial charge on any atom is -0.503 e. The SMILES string of the molecule is CCOCCCN1CN(CC2CC2)N(/C=C/C(O)NCc2ccc(P)cc2F)/C(=C(/O)C=O)C1O. The van der Waals surface area contributed by atoms with E-state index in [1.54, 1.807) is 17.0 Å². The maximum atomic E-state index is 14.1. The van der Waals surface area contributed by atoms with Crippen molar-refractivity contribution >= 4 is 20.8 Å². The molecule has 0 radical (unpaired) electrons. The summed E-state index contributed by atoms with van der Waals surface area (Å²) in [5.41, 5.74) is 0.433. The predicted octanol–water partition coefficient (Wildman–Crippen LogP) is 1.16. The number of nitrogens with zero attached hydrogens (tertiary/aromatic N) is 3. The molecule has 0 spiro atoms. The Labute approximate surface area is 208 Å². The smallest absolute Gasteiger partial charge is 0.186 e. The number of hydrazine groups is 1. The third-order valence-corrected chi connectivity index (χ3v) is 6.31. The average molecular weight is 511 g/mol. The van der Waals surface area contributed by atoms with Gasteiger partial charge in [0, 0.05) is 44.6 Å². The summed E-state index contributed by atoms with van der Waals surface area (Å²) in [7, 11) is 2.43. The van der Waals surface area contributed by atoms with Crippen molar-refractivity contribution in [1.82, 2.24) is 20.2 Å². The predicted molar refractivity (Wildman–Crippen MR) is 133 cm³/mol. The lowest BCUT2D eigenvalue weighted by Gasteiger charge is -2.47. The molecule has 1 aliphatic carbocycles. The van der Waals surface area contributed by atoms with E-state index in [0.29, 0.717) is 57.2 Å². The summed E-state index contributed by atoms with van der Waals surface area (Å²) < 4.78 is 19.5. The summed E-state index contributed by atoms with van der Waals surface area (Å²) in [4.78, 5) is 13.2. The molecular weight excluding hydrogens is 474 g/mol. The molecule has 11 heteroatoms. The second kappa shape index (κ2) is 13.4. The largest absolute Gasteiger partial charge is 0.503 e. The molecule has 9 nitrogen and oxygen atoms in total. The number of ether oxygens (including phenoxy) is 1. The first-order chi connectivity index (χ1) is 16.8. The Hall–Kier alpha value is -1.91. The number of carbonyl (C=O) groups excluding carboxylic acids is 1. The summed E-state index contributed by atoms with van der Waals surface area (Å²) >= 11 is 0. The zero-order valence-corrected chi connectivity index (χ0v) is 21.2. The molecule has 0 aromatic heterocycles. The lowest BCUT2D eigenvalue weighted by molar-refractivity contribution is -0.133. The number of rotatable bonds is 13. The Morgan fingerprint density at radius 1 is 1.40 bits per heavy atom. The fraction of sp³-hybridized carbons (Fsp3) is 0.542. The zero-order valence-electron chi connectivity index (χ0n) is 20.0. The van der Waals surface area contributed by atoms with Crippen molar-refractivity contribution in [3.8, 4) is 0 Å². The van der Waals surface area contributed by atoms with Gasteiger partial charge in [-0.25, -0.2) is 9.40 Å². The quantitative estimate of drug-likeness (QED) is 0.0777. The fourth-order valence-electron chi connectivity index (χ4n) is 3.89. The van der Waals surface area contributed by atoms with Gasteiger partial charge >= 0.3 is 0 Å². The van der Waals surface area contributed by atoms with Crippen LogP contribution in [0.3, 0.4) is 0 Å². The topological polar surface area (TPSA) is 109 Å². The number of hydrogen-bond donors (Lipinski definition) is 4. The van der Waals surface area contributed by atoms with Crippen LogP contribution in [0.2, 0.25) is 0 Å². The Bertz CT molecular complexity index is 914. The zero-order chi connectivity index (χ0) is 25.4. The fourth-order valence-corrected chi connectivity index (χ4v) is 4.13. The molecule has 1 aromatic carbocycles. The van der Waals surface area contributed by atoms with Gasteiger partial charge in [0.1, 0.15) is 17.7 Å². The van der Waals surface area contributed by atoms with Gasteiger partial charge in [-0.05, 0) is 49.6 Å². The van der Waals surface area contributed by atoms with E-state index in [-0.39, 0.29) is 18.1 Å². The van der Waals surface area contributed by atoms with Crippen LogP contribution in [-0.4, -0.2) is 82.0 Å². The van der Waals surface area contributed by atoms with Crippen molar-refractivity contribution in [2.24, 2.45) is 5.92 Å². The molecule has 35 heavy (non-hydrogen) atoms. The van der Waals surface area contributed by atoms with Gasteiger partial charge in [0.2, 0.25) is 0 Å². The summed E-state index contributed by atoms with van der Waals surface area (Å²) in [6.07, 6.45) is 3.75. The normalized spacial score (nSPS) is 22.1. The van der Waals surface area contributed by atoms with Crippen LogP contribution in [0.25, 0.3) is 0 Å². The van der Waals surface area contributed by atoms with Crippen molar-refractivity contribution in [3.05, 3.63) is 53.3 Å². The molecule has 0 bridgehead atoms. The molecule has 1 saturated heterocycles. The highest BCUT2D eigenvalue weighted by Crippen LogP contribution is 2.33. The van der Waals surface area contributed by atoms with Gasteiger partial charge in [0.05, 0.1) is 6.67 Å². The van der Waals surface area contributed by atoms with Crippen LogP contribution < -0.4 is 10.6 Å². The van der Waals surface area contributed by atoms with Gasteiger partial charge in [-0.15, -0.1) is 9.24 Å². The molecular formula is C24H36FN4O5P. The Kier molecular flexibility index (Phi) is 10.6. The Morgan fingerprint density at radius 2 is 2.17 bits per heavy atom. The molecule has 2 aliphatic rings. The van der Waals surface area contributed by atoms with Gasteiger partial charge < -0.3 is 20.1 Å². The third kappa shape index (κ3) is 8.05. The lowest BCUT2D eigenvalue weighted by Crippen LogP contribution is -2.59. The Balaban J connectivity index is 1.73. The van der Waals surface area contributed by atoms with E-state index in [4.69, 9.17) is 4.74 Å². The second-order valence-electron chi connectivity index (χ2n) is 8.76. The molecule has 194 valence electrons. The van der Waals surface area contributed by atoms with Crippen LogP contribution in [-0.2, 0) is 16.1 Å². The molecule has 1 aliphatic heterocycles. The number of aldehydes is 1. The number of allylic oxidation sites excluding steroid dienone is 1. The molecule has 0 amide bonds. The average Bonchev–Trinajstić information content (AvgIpc) is 3.65. The van der Waals surface area contributed by atoms with Gasteiger partial charge in [-0.3, -0.25) is 20.0 Å². The van der Waals surface area contributed by atoms with E-state index in [1.165, 1.54) is 23.4 Å². The van der Waals surface area contributed by atoms with Crippen LogP contribution in [0.4, 0.5) is 4.39 Å². The van der Waals surface area contributed by atoms with E-state index in [2.05, 4.69) is 14.6 Å². The van der Waals surface area contributed by atoms with Crippen molar-refractivity contribution in [2.75, 3.05) is 33.0 Å². The summed E-state index contributed by atoms with van der Waals surface area (Å²) in [5.74, 6) is -0.474. The minimum absolute atomic E-state index is 0.0221. The molecule has 3 rings (SSSR count). The maximum absolute atomic E-state index is 14.1. The number of carbonyl (C=O) groups is 1. The standard InChI is InChI=1S/C24H36FN4O5P/c1-2-34-11-3-9-27-16-28(14-17-4-5-17)29(23(24(27)33)21(31)15-30)10-8-22(32)26-13-18-6-7-19(35)12-20(18)25/h6-8,10,12,15,17,22,24,26,31-33H,2-5,9,11,13-14,16,35H2,1H3/b10-8+,23-21+. The lowest BCUT2D eigenvalue weighted by atomic mass is 10.2. The van der Waals surface area contributed by atoms with Crippen LogP contribution in [0, 0.1) is 11.7 Å². The number of aliphatic hydroxyl groups is 3. The molecule has 4 N–H and O–H groups in total. The van der Waals surface area contributed by atoms with Gasteiger partial charge in [0.15, 0.2) is 18.3 Å². The highest BCUT2D eigenvalue weighted by Gasteiger charge is 2.38. The summed E-state index contributed by atoms with van der Waals surface area (Å²) in [6.45, 7) is 4.73. The molecule has 1 heterocycles. The van der Waals surface area contributed by atoms with Crippen molar-refractivity contribution < 1.29 is 29.2 Å². The van der Waals surface area contributed by atoms with Crippen molar-refractivity contribution in [1.29, 1.82) is 0 Å². The highest BCUT2D eigenvalue weighted by atomic mass is 31.0. The van der Waals surface area contributed by atoms with E-state index in [9.17, 15) is 24.5 Å². The molecule has 3 atom stereocenters. The van der Waals surface area contributed by atoms with Gasteiger partial charge in [-0.2, -0.15) is 0 Å². The van der Waals surface area contributed by atoms with Gasteiger partial charge in [0.25, 0.3) is 0 Å². The van der Waals surface area contributed by atoms with E-state index >= 15 is 0 Å². The summed E-state index contributed by atoms with van der Waals surface area (Å²) in [5, 5.41) is 38.8. The van der Waals surface area contributed by atoms with E-state index < -0.39 is 18.2 Å².